The lowest BCUT2D eigenvalue weighted by atomic mass is 10.2. The molecule has 0 saturated carbocycles. The van der Waals surface area contributed by atoms with E-state index in [0.717, 1.165) is 16.5 Å². The van der Waals surface area contributed by atoms with Gasteiger partial charge in [0, 0.05) is 5.25 Å². The van der Waals surface area contributed by atoms with E-state index < -0.39 is 0 Å². The van der Waals surface area contributed by atoms with E-state index in [2.05, 4.69) is 39.3 Å². The van der Waals surface area contributed by atoms with Crippen molar-refractivity contribution in [2.24, 2.45) is 0 Å². The van der Waals surface area contributed by atoms with Gasteiger partial charge in [0.05, 0.1) is 12.8 Å². The minimum absolute atomic E-state index is 0.250. The topological polar surface area (TPSA) is 65.7 Å². The van der Waals surface area contributed by atoms with E-state index in [1.54, 1.807) is 29.9 Å². The lowest BCUT2D eigenvalue weighted by molar-refractivity contribution is 0.414. The van der Waals surface area contributed by atoms with Crippen LogP contribution in [0, 0.1) is 0 Å². The van der Waals surface area contributed by atoms with Crippen molar-refractivity contribution in [1.29, 1.82) is 0 Å². The van der Waals surface area contributed by atoms with Gasteiger partial charge in [0.25, 0.3) is 0 Å². The molecule has 4 rings (SSSR count). The molecule has 0 spiro atoms. The third-order valence-electron chi connectivity index (χ3n) is 4.08. The molecule has 26 heavy (non-hydrogen) atoms. The lowest BCUT2D eigenvalue weighted by Gasteiger charge is -2.10. The van der Waals surface area contributed by atoms with Crippen LogP contribution < -0.4 is 4.74 Å². The first kappa shape index (κ1) is 16.5. The highest BCUT2D eigenvalue weighted by atomic mass is 32.2. The van der Waals surface area contributed by atoms with E-state index in [0.29, 0.717) is 11.2 Å². The molecule has 2 heterocycles. The molecule has 6 nitrogen and oxygen atoms in total. The quantitative estimate of drug-likeness (QED) is 0.393. The van der Waals surface area contributed by atoms with Gasteiger partial charge in [-0.25, -0.2) is 9.97 Å². The summed E-state index contributed by atoms with van der Waals surface area (Å²) in [6.45, 7) is 2.15. The van der Waals surface area contributed by atoms with E-state index >= 15 is 0 Å². The molecule has 0 aliphatic heterocycles. The van der Waals surface area contributed by atoms with Crippen LogP contribution in [-0.2, 0) is 0 Å². The fourth-order valence-electron chi connectivity index (χ4n) is 2.67. The smallest absolute Gasteiger partial charge is 0.187 e. The standard InChI is InChI=1S/C19H17N5OS/c1-13(14-6-4-3-5-7-14)26-19-17-18(20-12-21-19)24(23-22-17)15-8-10-16(25-2)11-9-15/h3-13H,1-2H3/t13-/m1/s1. The van der Waals surface area contributed by atoms with Crippen LogP contribution in [0.25, 0.3) is 16.9 Å². The maximum Gasteiger partial charge on any atom is 0.187 e. The van der Waals surface area contributed by atoms with Crippen LogP contribution in [0.1, 0.15) is 17.7 Å². The zero-order valence-electron chi connectivity index (χ0n) is 14.4. The molecule has 4 aromatic rings. The molecule has 0 aliphatic carbocycles. The monoisotopic (exact) mass is 363 g/mol. The second-order valence-electron chi connectivity index (χ2n) is 5.72. The van der Waals surface area contributed by atoms with Crippen LogP contribution in [-0.4, -0.2) is 32.1 Å². The van der Waals surface area contributed by atoms with Crippen LogP contribution in [0.5, 0.6) is 5.75 Å². The van der Waals surface area contributed by atoms with Crippen LogP contribution in [0.3, 0.4) is 0 Å². The number of hydrogen-bond donors (Lipinski definition) is 0. The van der Waals surface area contributed by atoms with Gasteiger partial charge in [-0.1, -0.05) is 47.3 Å². The number of thioether (sulfide) groups is 1. The summed E-state index contributed by atoms with van der Waals surface area (Å²) in [5.74, 6) is 0.792. The highest BCUT2D eigenvalue weighted by molar-refractivity contribution is 7.99. The van der Waals surface area contributed by atoms with Crippen molar-refractivity contribution >= 4 is 22.9 Å². The van der Waals surface area contributed by atoms with E-state index in [9.17, 15) is 0 Å². The molecule has 1 atom stereocenters. The van der Waals surface area contributed by atoms with Crippen LogP contribution in [0.2, 0.25) is 0 Å². The molecule has 7 heteroatoms. The van der Waals surface area contributed by atoms with Gasteiger partial charge in [-0.3, -0.25) is 0 Å². The Morgan fingerprint density at radius 1 is 1.00 bits per heavy atom. The Morgan fingerprint density at radius 2 is 1.77 bits per heavy atom. The van der Waals surface area contributed by atoms with Crippen LogP contribution in [0.15, 0.2) is 66.0 Å². The van der Waals surface area contributed by atoms with Crippen molar-refractivity contribution in [2.75, 3.05) is 7.11 Å². The largest absolute Gasteiger partial charge is 0.497 e. The summed E-state index contributed by atoms with van der Waals surface area (Å²) >= 11 is 1.65. The Balaban J connectivity index is 1.68. The SMILES string of the molecule is COc1ccc(-n2nnc3c(S[C@H](C)c4ccccc4)ncnc32)cc1. The zero-order chi connectivity index (χ0) is 17.9. The Morgan fingerprint density at radius 3 is 2.50 bits per heavy atom. The zero-order valence-corrected chi connectivity index (χ0v) is 15.2. The Kier molecular flexibility index (Phi) is 4.53. The molecule has 0 aliphatic rings. The normalized spacial score (nSPS) is 12.2. The number of fused-ring (bicyclic) bond motifs is 1. The maximum absolute atomic E-state index is 5.20. The first-order valence-corrected chi connectivity index (χ1v) is 9.06. The molecule has 0 unspecified atom stereocenters. The minimum Gasteiger partial charge on any atom is -0.497 e. The molecule has 130 valence electrons. The summed E-state index contributed by atoms with van der Waals surface area (Å²) < 4.78 is 6.92. The van der Waals surface area contributed by atoms with E-state index in [-0.39, 0.29) is 5.25 Å². The van der Waals surface area contributed by atoms with Crippen LogP contribution >= 0.6 is 11.8 Å². The van der Waals surface area contributed by atoms with Gasteiger partial charge in [0.2, 0.25) is 0 Å². The summed E-state index contributed by atoms with van der Waals surface area (Å²) in [5, 5.41) is 9.67. The second kappa shape index (κ2) is 7.13. The molecule has 2 aromatic heterocycles. The number of benzene rings is 2. The molecular formula is C19H17N5OS. The lowest BCUT2D eigenvalue weighted by Crippen LogP contribution is -1.98. The van der Waals surface area contributed by atoms with Gasteiger partial charge < -0.3 is 4.74 Å². The fourth-order valence-corrected chi connectivity index (χ4v) is 3.65. The van der Waals surface area contributed by atoms with Crippen molar-refractivity contribution in [3.05, 3.63) is 66.5 Å². The summed E-state index contributed by atoms with van der Waals surface area (Å²) in [7, 11) is 1.64. The van der Waals surface area contributed by atoms with Gasteiger partial charge in [-0.05, 0) is 36.8 Å². The second-order valence-corrected chi connectivity index (χ2v) is 7.05. The summed E-state index contributed by atoms with van der Waals surface area (Å²) in [5.41, 5.74) is 3.51. The molecule has 0 N–H and O–H groups in total. The molecule has 2 aromatic carbocycles. The Labute approximate surface area is 155 Å². The van der Waals surface area contributed by atoms with Crippen molar-refractivity contribution in [1.82, 2.24) is 25.0 Å². The predicted octanol–water partition coefficient (Wildman–Crippen LogP) is 4.07. The molecule has 0 amide bonds. The summed E-state index contributed by atoms with van der Waals surface area (Å²) in [4.78, 5) is 8.81. The number of ether oxygens (including phenoxy) is 1. The average Bonchev–Trinajstić information content (AvgIpc) is 3.14. The van der Waals surface area contributed by atoms with Gasteiger partial charge in [0.1, 0.15) is 17.1 Å². The molecule has 0 fully saturated rings. The highest BCUT2D eigenvalue weighted by Crippen LogP contribution is 2.36. The summed E-state index contributed by atoms with van der Waals surface area (Å²) in [6, 6.07) is 18.0. The first-order valence-electron chi connectivity index (χ1n) is 8.18. The Bertz CT molecular complexity index is 1020. The van der Waals surface area contributed by atoms with Crippen molar-refractivity contribution in [2.45, 2.75) is 17.2 Å². The number of rotatable bonds is 5. The van der Waals surface area contributed by atoms with Gasteiger partial charge in [-0.2, -0.15) is 4.68 Å². The molecular weight excluding hydrogens is 346 g/mol. The highest BCUT2D eigenvalue weighted by Gasteiger charge is 2.16. The number of nitrogens with zero attached hydrogens (tertiary/aromatic N) is 5. The fraction of sp³-hybridized carbons (Fsp3) is 0.158. The summed E-state index contributed by atoms with van der Waals surface area (Å²) in [6.07, 6.45) is 1.56. The third kappa shape index (κ3) is 3.13. The van der Waals surface area contributed by atoms with E-state index in [1.807, 2.05) is 42.5 Å². The first-order chi connectivity index (χ1) is 12.8. The predicted molar refractivity (Wildman–Crippen MR) is 102 cm³/mol. The van der Waals surface area contributed by atoms with Gasteiger partial charge >= 0.3 is 0 Å². The van der Waals surface area contributed by atoms with Crippen molar-refractivity contribution in [3.63, 3.8) is 0 Å². The van der Waals surface area contributed by atoms with E-state index in [1.165, 1.54) is 5.56 Å². The average molecular weight is 363 g/mol. The maximum atomic E-state index is 5.20. The van der Waals surface area contributed by atoms with E-state index in [4.69, 9.17) is 4.74 Å². The number of aromatic nitrogens is 5. The number of hydrogen-bond acceptors (Lipinski definition) is 6. The van der Waals surface area contributed by atoms with Gasteiger partial charge in [-0.15, -0.1) is 5.10 Å². The molecule has 0 radical (unpaired) electrons. The van der Waals surface area contributed by atoms with Gasteiger partial charge in [0.15, 0.2) is 11.2 Å². The third-order valence-corrected chi connectivity index (χ3v) is 5.23. The number of methoxy groups -OCH3 is 1. The molecule has 0 saturated heterocycles. The van der Waals surface area contributed by atoms with Crippen molar-refractivity contribution in [3.8, 4) is 11.4 Å². The minimum atomic E-state index is 0.250. The van der Waals surface area contributed by atoms with Crippen molar-refractivity contribution < 1.29 is 4.74 Å². The Hall–Kier alpha value is -2.93. The van der Waals surface area contributed by atoms with Crippen LogP contribution in [0.4, 0.5) is 0 Å². The molecule has 0 bridgehead atoms.